The fraction of sp³-hybridized carbons (Fsp3) is 0.200. The zero-order valence-corrected chi connectivity index (χ0v) is 5.69. The van der Waals surface area contributed by atoms with Gasteiger partial charge in [-0.3, -0.25) is 4.79 Å². The first kappa shape index (κ1) is 7.39. The molecule has 0 amide bonds. The van der Waals surface area contributed by atoms with E-state index in [-0.39, 0.29) is 12.4 Å². The second-order valence-electron chi connectivity index (χ2n) is 2.04. The molecule has 0 atom stereocenters. The molecular weight excluding hydrogens is 148 g/mol. The van der Waals surface area contributed by atoms with Crippen LogP contribution in [0, 0.1) is 0 Å². The predicted octanol–water partition coefficient (Wildman–Crippen LogP) is -0.868. The quantitative estimate of drug-likeness (QED) is 0.516. The molecule has 1 aromatic rings. The van der Waals surface area contributed by atoms with Gasteiger partial charge in [-0.2, -0.15) is 5.10 Å². The molecule has 0 aliphatic heterocycles. The molecule has 0 aromatic carbocycles. The second-order valence-corrected chi connectivity index (χ2v) is 2.04. The summed E-state index contributed by atoms with van der Waals surface area (Å²) in [6, 6.07) is 0. The number of anilines is 2. The molecule has 0 saturated heterocycles. The number of aliphatic carboxylic acids is 1. The molecule has 11 heavy (non-hydrogen) atoms. The Labute approximate surface area is 62.4 Å². The van der Waals surface area contributed by atoms with Gasteiger partial charge in [-0.25, -0.2) is 4.68 Å². The number of nitrogens with zero attached hydrogens (tertiary/aromatic N) is 2. The molecule has 1 heterocycles. The molecule has 0 fully saturated rings. The highest BCUT2D eigenvalue weighted by Gasteiger charge is 2.06. The molecule has 6 heteroatoms. The topological polar surface area (TPSA) is 107 Å². The smallest absolute Gasteiger partial charge is 0.325 e. The van der Waals surface area contributed by atoms with Gasteiger partial charge in [0.25, 0.3) is 0 Å². The fourth-order valence-corrected chi connectivity index (χ4v) is 0.663. The van der Waals surface area contributed by atoms with Gasteiger partial charge in [0.2, 0.25) is 0 Å². The van der Waals surface area contributed by atoms with Crippen molar-refractivity contribution in [3.63, 3.8) is 0 Å². The molecule has 1 rings (SSSR count). The summed E-state index contributed by atoms with van der Waals surface area (Å²) in [4.78, 5) is 10.2. The van der Waals surface area contributed by atoms with E-state index in [1.165, 1.54) is 6.20 Å². The van der Waals surface area contributed by atoms with Crippen molar-refractivity contribution in [1.29, 1.82) is 0 Å². The summed E-state index contributed by atoms with van der Waals surface area (Å²) in [7, 11) is 0. The van der Waals surface area contributed by atoms with E-state index in [9.17, 15) is 4.79 Å². The molecule has 0 saturated carbocycles. The minimum atomic E-state index is -1.00. The first-order chi connectivity index (χ1) is 5.11. The van der Waals surface area contributed by atoms with Crippen molar-refractivity contribution in [1.82, 2.24) is 9.78 Å². The van der Waals surface area contributed by atoms with Crippen LogP contribution in [0.15, 0.2) is 6.20 Å². The first-order valence-electron chi connectivity index (χ1n) is 2.90. The van der Waals surface area contributed by atoms with Crippen molar-refractivity contribution in [2.45, 2.75) is 6.54 Å². The highest BCUT2D eigenvalue weighted by molar-refractivity contribution is 5.68. The van der Waals surface area contributed by atoms with Gasteiger partial charge < -0.3 is 16.6 Å². The average Bonchev–Trinajstić information content (AvgIpc) is 2.18. The standard InChI is InChI=1S/C5H8N4O2/c6-3-1-8-9(5(3)7)2-4(10)11/h1H,2,6-7H2,(H,10,11). The van der Waals surface area contributed by atoms with E-state index in [0.717, 1.165) is 4.68 Å². The van der Waals surface area contributed by atoms with Gasteiger partial charge in [-0.05, 0) is 0 Å². The van der Waals surface area contributed by atoms with Crippen LogP contribution in [0.2, 0.25) is 0 Å². The summed E-state index contributed by atoms with van der Waals surface area (Å²) in [5.41, 5.74) is 11.0. The fourth-order valence-electron chi connectivity index (χ4n) is 0.663. The summed E-state index contributed by atoms with van der Waals surface area (Å²) in [5.74, 6) is -0.813. The van der Waals surface area contributed by atoms with Crippen LogP contribution in [-0.4, -0.2) is 20.9 Å². The van der Waals surface area contributed by atoms with Crippen LogP contribution in [0.1, 0.15) is 0 Å². The largest absolute Gasteiger partial charge is 0.480 e. The first-order valence-corrected chi connectivity index (χ1v) is 2.90. The normalized spacial score (nSPS) is 9.82. The van der Waals surface area contributed by atoms with E-state index in [0.29, 0.717) is 5.69 Å². The van der Waals surface area contributed by atoms with E-state index < -0.39 is 5.97 Å². The van der Waals surface area contributed by atoms with Gasteiger partial charge in [0, 0.05) is 0 Å². The summed E-state index contributed by atoms with van der Waals surface area (Å²) < 4.78 is 1.12. The molecule has 0 spiro atoms. The number of nitrogens with two attached hydrogens (primary N) is 2. The number of nitrogen functional groups attached to an aromatic ring is 2. The molecule has 60 valence electrons. The Morgan fingerprint density at radius 2 is 2.36 bits per heavy atom. The van der Waals surface area contributed by atoms with Gasteiger partial charge in [-0.15, -0.1) is 0 Å². The molecule has 5 N–H and O–H groups in total. The van der Waals surface area contributed by atoms with Gasteiger partial charge >= 0.3 is 5.97 Å². The van der Waals surface area contributed by atoms with Gasteiger partial charge in [0.05, 0.1) is 11.9 Å². The van der Waals surface area contributed by atoms with Crippen LogP contribution in [0.3, 0.4) is 0 Å². The minimum absolute atomic E-state index is 0.187. The van der Waals surface area contributed by atoms with E-state index in [4.69, 9.17) is 16.6 Å². The van der Waals surface area contributed by atoms with Crippen LogP contribution in [0.25, 0.3) is 0 Å². The van der Waals surface area contributed by atoms with Crippen LogP contribution in [-0.2, 0) is 11.3 Å². The van der Waals surface area contributed by atoms with E-state index in [1.54, 1.807) is 0 Å². The molecule has 0 aliphatic carbocycles. The number of carbonyl (C=O) groups is 1. The second kappa shape index (κ2) is 2.49. The monoisotopic (exact) mass is 156 g/mol. The van der Waals surface area contributed by atoms with Crippen molar-refractivity contribution >= 4 is 17.5 Å². The Kier molecular flexibility index (Phi) is 1.67. The van der Waals surface area contributed by atoms with Crippen LogP contribution in [0.5, 0.6) is 0 Å². The third-order valence-corrected chi connectivity index (χ3v) is 1.20. The number of aromatic nitrogens is 2. The highest BCUT2D eigenvalue weighted by Crippen LogP contribution is 2.11. The summed E-state index contributed by atoms with van der Waals surface area (Å²) in [5, 5.41) is 12.0. The van der Waals surface area contributed by atoms with Crippen molar-refractivity contribution in [2.75, 3.05) is 11.5 Å². The number of hydrogen-bond donors (Lipinski definition) is 3. The van der Waals surface area contributed by atoms with Crippen LogP contribution >= 0.6 is 0 Å². The molecule has 0 bridgehead atoms. The van der Waals surface area contributed by atoms with Crippen LogP contribution < -0.4 is 11.5 Å². The van der Waals surface area contributed by atoms with Gasteiger partial charge in [0.1, 0.15) is 12.4 Å². The third-order valence-electron chi connectivity index (χ3n) is 1.20. The molecule has 1 aromatic heterocycles. The Hall–Kier alpha value is -1.72. The molecule has 6 nitrogen and oxygen atoms in total. The van der Waals surface area contributed by atoms with E-state index in [2.05, 4.69) is 5.10 Å². The van der Waals surface area contributed by atoms with Crippen molar-refractivity contribution < 1.29 is 9.90 Å². The summed E-state index contributed by atoms with van der Waals surface area (Å²) >= 11 is 0. The van der Waals surface area contributed by atoms with Crippen molar-refractivity contribution in [3.8, 4) is 0 Å². The Morgan fingerprint density at radius 3 is 2.73 bits per heavy atom. The maximum absolute atomic E-state index is 10.2. The lowest BCUT2D eigenvalue weighted by atomic mass is 10.5. The minimum Gasteiger partial charge on any atom is -0.480 e. The van der Waals surface area contributed by atoms with Gasteiger partial charge in [-0.1, -0.05) is 0 Å². The lowest BCUT2D eigenvalue weighted by molar-refractivity contribution is -0.137. The summed E-state index contributed by atoms with van der Waals surface area (Å²) in [6.07, 6.45) is 1.32. The molecule has 0 aliphatic rings. The predicted molar refractivity (Wildman–Crippen MR) is 38.7 cm³/mol. The van der Waals surface area contributed by atoms with E-state index >= 15 is 0 Å². The zero-order chi connectivity index (χ0) is 8.43. The number of carboxylic acid groups (broad SMARTS) is 1. The molecule has 0 unspecified atom stereocenters. The number of carboxylic acids is 1. The number of hydrogen-bond acceptors (Lipinski definition) is 4. The average molecular weight is 156 g/mol. The van der Waals surface area contributed by atoms with Crippen LogP contribution in [0.4, 0.5) is 11.5 Å². The van der Waals surface area contributed by atoms with E-state index in [1.807, 2.05) is 0 Å². The Morgan fingerprint density at radius 1 is 1.73 bits per heavy atom. The maximum atomic E-state index is 10.2. The third kappa shape index (κ3) is 1.40. The Balaban J connectivity index is 2.87. The summed E-state index contributed by atoms with van der Waals surface area (Å²) in [6.45, 7) is -0.261. The van der Waals surface area contributed by atoms with Gasteiger partial charge in [0.15, 0.2) is 0 Å². The lowest BCUT2D eigenvalue weighted by Gasteiger charge is -1.98. The highest BCUT2D eigenvalue weighted by atomic mass is 16.4. The van der Waals surface area contributed by atoms with Crippen molar-refractivity contribution in [3.05, 3.63) is 6.20 Å². The zero-order valence-electron chi connectivity index (χ0n) is 5.69. The maximum Gasteiger partial charge on any atom is 0.325 e. The van der Waals surface area contributed by atoms with Crippen molar-refractivity contribution in [2.24, 2.45) is 0 Å². The Bertz CT molecular complexity index is 280. The molecule has 0 radical (unpaired) electrons. The lowest BCUT2D eigenvalue weighted by Crippen LogP contribution is -2.12. The number of rotatable bonds is 2. The molecular formula is C5H8N4O2. The SMILES string of the molecule is Nc1cnn(CC(=O)O)c1N.